The van der Waals surface area contributed by atoms with Crippen molar-refractivity contribution >= 4 is 11.9 Å². The highest BCUT2D eigenvalue weighted by atomic mass is 19.1. The lowest BCUT2D eigenvalue weighted by molar-refractivity contribution is -0.131. The number of rotatable bonds is 3. The van der Waals surface area contributed by atoms with E-state index in [1.54, 1.807) is 0 Å². The molecular formula is C14H16F2N2O2. The molecule has 0 radical (unpaired) electrons. The second kappa shape index (κ2) is 4.85. The fourth-order valence-corrected chi connectivity index (χ4v) is 2.29. The predicted molar refractivity (Wildman–Crippen MR) is 68.8 cm³/mol. The van der Waals surface area contributed by atoms with Crippen LogP contribution in [0.5, 0.6) is 0 Å². The maximum absolute atomic E-state index is 13.9. The summed E-state index contributed by atoms with van der Waals surface area (Å²) in [6.45, 7) is 5.33. The molecule has 1 saturated heterocycles. The second-order valence-corrected chi connectivity index (χ2v) is 5.49. The molecule has 2 rings (SSSR count). The Balaban J connectivity index is 2.43. The fourth-order valence-electron chi connectivity index (χ4n) is 2.29. The number of imide groups is 1. The van der Waals surface area contributed by atoms with Gasteiger partial charge in [0.05, 0.1) is 0 Å². The highest BCUT2D eigenvalue weighted by Gasteiger charge is 2.50. The van der Waals surface area contributed by atoms with Gasteiger partial charge in [-0.15, -0.1) is 0 Å². The summed E-state index contributed by atoms with van der Waals surface area (Å²) < 4.78 is 27.2. The highest BCUT2D eigenvalue weighted by Crippen LogP contribution is 2.31. The van der Waals surface area contributed by atoms with Crippen LogP contribution in [0.15, 0.2) is 18.2 Å². The van der Waals surface area contributed by atoms with E-state index in [1.807, 2.05) is 13.8 Å². The third-order valence-electron chi connectivity index (χ3n) is 3.29. The van der Waals surface area contributed by atoms with E-state index in [9.17, 15) is 18.4 Å². The first kappa shape index (κ1) is 14.4. The first-order valence-electron chi connectivity index (χ1n) is 6.35. The molecule has 1 aliphatic rings. The van der Waals surface area contributed by atoms with Crippen LogP contribution < -0.4 is 5.32 Å². The largest absolute Gasteiger partial charge is 0.325 e. The number of urea groups is 1. The van der Waals surface area contributed by atoms with Crippen LogP contribution in [0.2, 0.25) is 0 Å². The van der Waals surface area contributed by atoms with Gasteiger partial charge in [-0.05, 0) is 31.0 Å². The minimum atomic E-state index is -1.57. The average Bonchev–Trinajstić information content (AvgIpc) is 2.56. The molecule has 0 unspecified atom stereocenters. The van der Waals surface area contributed by atoms with Crippen molar-refractivity contribution in [3.63, 3.8) is 0 Å². The van der Waals surface area contributed by atoms with Crippen molar-refractivity contribution in [2.24, 2.45) is 5.92 Å². The number of nitrogens with zero attached hydrogens (tertiary/aromatic N) is 1. The Kier molecular flexibility index (Phi) is 3.50. The first-order chi connectivity index (χ1) is 9.25. The number of hydrogen-bond donors (Lipinski definition) is 1. The monoisotopic (exact) mass is 282 g/mol. The number of halogens is 2. The van der Waals surface area contributed by atoms with E-state index in [-0.39, 0.29) is 18.0 Å². The van der Waals surface area contributed by atoms with Crippen molar-refractivity contribution < 1.29 is 18.4 Å². The molecule has 0 saturated carbocycles. The lowest BCUT2D eigenvalue weighted by Crippen LogP contribution is -2.42. The van der Waals surface area contributed by atoms with Gasteiger partial charge in [0.2, 0.25) is 0 Å². The van der Waals surface area contributed by atoms with E-state index >= 15 is 0 Å². The predicted octanol–water partition coefficient (Wildman–Crippen LogP) is 2.39. The summed E-state index contributed by atoms with van der Waals surface area (Å²) in [5.74, 6) is -1.87. The number of benzene rings is 1. The van der Waals surface area contributed by atoms with Crippen LogP contribution in [0.1, 0.15) is 26.3 Å². The van der Waals surface area contributed by atoms with Crippen LogP contribution in [-0.2, 0) is 10.3 Å². The molecule has 6 heteroatoms. The van der Waals surface area contributed by atoms with Crippen LogP contribution in [0.4, 0.5) is 13.6 Å². The van der Waals surface area contributed by atoms with Crippen molar-refractivity contribution in [2.45, 2.75) is 26.3 Å². The van der Waals surface area contributed by atoms with Crippen molar-refractivity contribution in [3.8, 4) is 0 Å². The van der Waals surface area contributed by atoms with Crippen molar-refractivity contribution in [1.29, 1.82) is 0 Å². The maximum Gasteiger partial charge on any atom is 0.325 e. The van der Waals surface area contributed by atoms with E-state index in [0.29, 0.717) is 0 Å². The third-order valence-corrected chi connectivity index (χ3v) is 3.29. The highest BCUT2D eigenvalue weighted by molar-refractivity contribution is 6.07. The summed E-state index contributed by atoms with van der Waals surface area (Å²) in [7, 11) is 0. The molecule has 1 heterocycles. The Morgan fingerprint density at radius 3 is 2.55 bits per heavy atom. The quantitative estimate of drug-likeness (QED) is 0.865. The number of nitrogens with one attached hydrogen (secondary N) is 1. The van der Waals surface area contributed by atoms with Crippen LogP contribution in [0.3, 0.4) is 0 Å². The summed E-state index contributed by atoms with van der Waals surface area (Å²) in [6, 6.07) is 2.26. The van der Waals surface area contributed by atoms with Crippen molar-refractivity contribution in [2.75, 3.05) is 6.54 Å². The summed E-state index contributed by atoms with van der Waals surface area (Å²) in [4.78, 5) is 25.3. The first-order valence-corrected chi connectivity index (χ1v) is 6.35. The van der Waals surface area contributed by atoms with Gasteiger partial charge in [0.1, 0.15) is 17.2 Å². The second-order valence-electron chi connectivity index (χ2n) is 5.49. The standard InChI is InChI=1S/C14H16F2N2O2/c1-8(2)7-18-12(19)14(3,17-13(18)20)10-6-9(15)4-5-11(10)16/h4-6,8H,7H2,1-3H3,(H,17,20)/t14-/m0/s1. The number of carbonyl (C=O) groups is 2. The zero-order chi connectivity index (χ0) is 15.1. The van der Waals surface area contributed by atoms with Crippen LogP contribution in [0.25, 0.3) is 0 Å². The van der Waals surface area contributed by atoms with Crippen LogP contribution >= 0.6 is 0 Å². The molecule has 1 aromatic carbocycles. The topological polar surface area (TPSA) is 49.4 Å². The molecule has 0 aliphatic carbocycles. The molecule has 0 spiro atoms. The maximum atomic E-state index is 13.9. The zero-order valence-corrected chi connectivity index (χ0v) is 11.5. The smallest absolute Gasteiger partial charge is 0.319 e. The average molecular weight is 282 g/mol. The molecule has 0 bridgehead atoms. The van der Waals surface area contributed by atoms with E-state index in [2.05, 4.69) is 5.32 Å². The normalized spacial score (nSPS) is 22.6. The van der Waals surface area contributed by atoms with E-state index in [4.69, 9.17) is 0 Å². The van der Waals surface area contributed by atoms with Gasteiger partial charge >= 0.3 is 6.03 Å². The number of amides is 3. The summed E-state index contributed by atoms with van der Waals surface area (Å²) in [6.07, 6.45) is 0. The van der Waals surface area contributed by atoms with Crippen molar-refractivity contribution in [3.05, 3.63) is 35.4 Å². The SMILES string of the molecule is CC(C)CN1C(=O)N[C@@](C)(c2cc(F)ccc2F)C1=O. The minimum Gasteiger partial charge on any atom is -0.319 e. The molecule has 20 heavy (non-hydrogen) atoms. The molecule has 1 N–H and O–H groups in total. The molecule has 1 aromatic rings. The Bertz CT molecular complexity index is 574. The molecule has 1 aliphatic heterocycles. The molecule has 108 valence electrons. The van der Waals surface area contributed by atoms with Gasteiger partial charge in [-0.25, -0.2) is 13.6 Å². The molecule has 4 nitrogen and oxygen atoms in total. The van der Waals surface area contributed by atoms with E-state index in [0.717, 1.165) is 23.1 Å². The molecule has 1 fully saturated rings. The number of hydrogen-bond acceptors (Lipinski definition) is 2. The lowest BCUT2D eigenvalue weighted by Gasteiger charge is -2.23. The fraction of sp³-hybridized carbons (Fsp3) is 0.429. The van der Waals surface area contributed by atoms with Gasteiger partial charge in [-0.3, -0.25) is 9.69 Å². The van der Waals surface area contributed by atoms with E-state index in [1.165, 1.54) is 6.92 Å². The Hall–Kier alpha value is -1.98. The minimum absolute atomic E-state index is 0.0874. The lowest BCUT2D eigenvalue weighted by atomic mass is 9.91. The molecule has 3 amide bonds. The molecule has 0 aromatic heterocycles. The van der Waals surface area contributed by atoms with E-state index < -0.39 is 29.1 Å². The van der Waals surface area contributed by atoms with Gasteiger partial charge in [-0.1, -0.05) is 13.8 Å². The Morgan fingerprint density at radius 2 is 1.95 bits per heavy atom. The number of carbonyl (C=O) groups excluding carboxylic acids is 2. The Labute approximate surface area is 115 Å². The van der Waals surface area contributed by atoms with Crippen molar-refractivity contribution in [1.82, 2.24) is 10.2 Å². The van der Waals surface area contributed by atoms with Gasteiger partial charge in [0, 0.05) is 12.1 Å². The molecular weight excluding hydrogens is 266 g/mol. The van der Waals surface area contributed by atoms with Gasteiger partial charge < -0.3 is 5.32 Å². The summed E-state index contributed by atoms with van der Waals surface area (Å²) in [5.41, 5.74) is -1.74. The summed E-state index contributed by atoms with van der Waals surface area (Å²) >= 11 is 0. The van der Waals surface area contributed by atoms with Crippen LogP contribution in [-0.4, -0.2) is 23.4 Å². The van der Waals surface area contributed by atoms with Gasteiger partial charge in [0.15, 0.2) is 0 Å². The molecule has 1 atom stereocenters. The third kappa shape index (κ3) is 2.26. The Morgan fingerprint density at radius 1 is 1.30 bits per heavy atom. The summed E-state index contributed by atoms with van der Waals surface area (Å²) in [5, 5.41) is 2.45. The van der Waals surface area contributed by atoms with Gasteiger partial charge in [-0.2, -0.15) is 0 Å². The van der Waals surface area contributed by atoms with Gasteiger partial charge in [0.25, 0.3) is 5.91 Å². The zero-order valence-electron chi connectivity index (χ0n) is 11.5. The van der Waals surface area contributed by atoms with Crippen LogP contribution in [0, 0.1) is 17.6 Å².